The molecule has 2 aliphatic heterocycles. The van der Waals surface area contributed by atoms with Crippen LogP contribution in [0.15, 0.2) is 84.9 Å². The molecule has 0 bridgehead atoms. The number of ether oxygens (including phenoxy) is 1. The summed E-state index contributed by atoms with van der Waals surface area (Å²) in [6.45, 7) is 4.24. The molecule has 2 aliphatic rings. The molecule has 1 amide bonds. The number of likely N-dealkylation sites (tertiary alicyclic amines) is 1. The van der Waals surface area contributed by atoms with E-state index in [4.69, 9.17) is 27.9 Å². The fourth-order valence-electron chi connectivity index (χ4n) is 6.36. The van der Waals surface area contributed by atoms with Gasteiger partial charge < -0.3 is 14.5 Å². The predicted octanol–water partition coefficient (Wildman–Crippen LogP) is 7.91. The molecule has 0 aliphatic carbocycles. The Morgan fingerprint density at radius 3 is 2.48 bits per heavy atom. The third kappa shape index (κ3) is 5.51. The van der Waals surface area contributed by atoms with Gasteiger partial charge in [0.2, 0.25) is 0 Å². The zero-order valence-electron chi connectivity index (χ0n) is 22.8. The number of carbonyl (C=O) groups excluding carboxylic acids is 1. The first-order chi connectivity index (χ1) is 19.4. The quantitative estimate of drug-likeness (QED) is 0.225. The molecule has 0 saturated carbocycles. The minimum Gasteiger partial charge on any atom is -0.365 e. The Morgan fingerprint density at radius 1 is 0.925 bits per heavy atom. The molecule has 1 fully saturated rings. The molecule has 6 heteroatoms. The fraction of sp³-hybridized carbons (Fsp3) is 0.324. The summed E-state index contributed by atoms with van der Waals surface area (Å²) in [5.41, 5.74) is 4.37. The molecule has 1 atom stereocenters. The summed E-state index contributed by atoms with van der Waals surface area (Å²) in [6.07, 6.45) is 2.92. The van der Waals surface area contributed by atoms with E-state index < -0.39 is 0 Å². The maximum absolute atomic E-state index is 13.5. The van der Waals surface area contributed by atoms with E-state index in [0.29, 0.717) is 28.8 Å². The molecule has 4 nitrogen and oxygen atoms in total. The zero-order valence-corrected chi connectivity index (χ0v) is 24.3. The molecular formula is C34H34Cl2N2O2. The number of hydrogen-bond donors (Lipinski definition) is 0. The molecule has 1 unspecified atom stereocenters. The van der Waals surface area contributed by atoms with Crippen molar-refractivity contribution in [3.8, 4) is 0 Å². The van der Waals surface area contributed by atoms with Crippen LogP contribution in [0.1, 0.15) is 52.2 Å². The maximum Gasteiger partial charge on any atom is 0.253 e. The van der Waals surface area contributed by atoms with Crippen LogP contribution in [0.5, 0.6) is 0 Å². The molecule has 1 spiro atoms. The smallest absolute Gasteiger partial charge is 0.253 e. The average molecular weight is 574 g/mol. The van der Waals surface area contributed by atoms with Gasteiger partial charge in [-0.15, -0.1) is 0 Å². The Balaban J connectivity index is 1.14. The highest BCUT2D eigenvalue weighted by Crippen LogP contribution is 2.44. The Morgan fingerprint density at radius 2 is 1.68 bits per heavy atom. The van der Waals surface area contributed by atoms with Gasteiger partial charge >= 0.3 is 0 Å². The lowest BCUT2D eigenvalue weighted by Crippen LogP contribution is -2.43. The standard InChI is InChI=1S/C34H34Cl2N2O2/c1-37(33(39)27-11-10-24-6-2-3-7-25(24)20-27)22-28(26-12-13-31(35)32(36)21-26)14-17-38-18-15-34(16-19-38)30-9-5-4-8-29(30)23-40-34/h2-13,20-21,28H,14-19,22-23H2,1H3. The number of piperidine rings is 1. The van der Waals surface area contributed by atoms with Crippen LogP contribution in [0.3, 0.4) is 0 Å². The van der Waals surface area contributed by atoms with Gasteiger partial charge in [0.1, 0.15) is 0 Å². The maximum atomic E-state index is 13.5. The summed E-state index contributed by atoms with van der Waals surface area (Å²) < 4.78 is 6.37. The molecule has 0 aromatic heterocycles. The molecule has 1 saturated heterocycles. The van der Waals surface area contributed by atoms with Crippen molar-refractivity contribution in [3.05, 3.63) is 117 Å². The second-order valence-electron chi connectivity index (χ2n) is 11.2. The van der Waals surface area contributed by atoms with E-state index in [1.807, 2.05) is 66.5 Å². The van der Waals surface area contributed by atoms with E-state index in [-0.39, 0.29) is 17.4 Å². The number of nitrogens with zero attached hydrogens (tertiary/aromatic N) is 2. The minimum absolute atomic E-state index is 0.0211. The largest absolute Gasteiger partial charge is 0.365 e. The van der Waals surface area contributed by atoms with Crippen molar-refractivity contribution in [2.24, 2.45) is 0 Å². The number of hydrogen-bond acceptors (Lipinski definition) is 3. The number of rotatable bonds is 7. The number of benzene rings is 4. The Labute approximate surface area is 246 Å². The van der Waals surface area contributed by atoms with Crippen molar-refractivity contribution in [1.82, 2.24) is 9.80 Å². The normalized spacial score (nSPS) is 17.2. The molecule has 4 aromatic carbocycles. The van der Waals surface area contributed by atoms with Crippen LogP contribution in [0, 0.1) is 0 Å². The highest BCUT2D eigenvalue weighted by Gasteiger charge is 2.42. The third-order valence-corrected chi connectivity index (χ3v) is 9.46. The summed E-state index contributed by atoms with van der Waals surface area (Å²) in [4.78, 5) is 17.9. The summed E-state index contributed by atoms with van der Waals surface area (Å²) in [6, 6.07) is 28.5. The second-order valence-corrected chi connectivity index (χ2v) is 12.0. The van der Waals surface area contributed by atoms with Crippen LogP contribution in [0.2, 0.25) is 10.0 Å². The molecule has 0 radical (unpaired) electrons. The number of halogens is 2. The molecule has 6 rings (SSSR count). The first-order valence-corrected chi connectivity index (χ1v) is 14.8. The van der Waals surface area contributed by atoms with Crippen molar-refractivity contribution < 1.29 is 9.53 Å². The lowest BCUT2D eigenvalue weighted by molar-refractivity contribution is -0.0790. The van der Waals surface area contributed by atoms with Crippen LogP contribution >= 0.6 is 23.2 Å². The van der Waals surface area contributed by atoms with Gasteiger partial charge in [0.25, 0.3) is 5.91 Å². The van der Waals surface area contributed by atoms with Crippen LogP contribution < -0.4 is 0 Å². The zero-order chi connectivity index (χ0) is 27.7. The lowest BCUT2D eigenvalue weighted by atomic mass is 9.83. The van der Waals surface area contributed by atoms with Gasteiger partial charge in [-0.2, -0.15) is 0 Å². The first kappa shape index (κ1) is 27.3. The molecule has 4 aromatic rings. The van der Waals surface area contributed by atoms with Gasteiger partial charge in [0, 0.05) is 38.2 Å². The SMILES string of the molecule is CN(CC(CCN1CCC2(CC1)OCc1ccccc12)c1ccc(Cl)c(Cl)c1)C(=O)c1ccc2ccccc2c1. The predicted molar refractivity (Wildman–Crippen MR) is 163 cm³/mol. The highest BCUT2D eigenvalue weighted by molar-refractivity contribution is 6.42. The van der Waals surface area contributed by atoms with E-state index >= 15 is 0 Å². The Hall–Kier alpha value is -2.89. The molecule has 206 valence electrons. The fourth-order valence-corrected chi connectivity index (χ4v) is 6.67. The van der Waals surface area contributed by atoms with Gasteiger partial charge in [0.15, 0.2) is 0 Å². The van der Waals surface area contributed by atoms with Crippen molar-refractivity contribution >= 4 is 39.9 Å². The summed E-state index contributed by atoms with van der Waals surface area (Å²) in [5.74, 6) is 0.149. The van der Waals surface area contributed by atoms with Gasteiger partial charge in [-0.25, -0.2) is 0 Å². The van der Waals surface area contributed by atoms with Gasteiger partial charge in [-0.05, 0) is 77.5 Å². The monoisotopic (exact) mass is 572 g/mol. The highest BCUT2D eigenvalue weighted by atomic mass is 35.5. The molecule has 2 heterocycles. The van der Waals surface area contributed by atoms with Crippen LogP contribution in [-0.2, 0) is 16.9 Å². The number of likely N-dealkylation sites (N-methyl/N-ethyl adjacent to an activating group) is 1. The van der Waals surface area contributed by atoms with Crippen LogP contribution in [-0.4, -0.2) is 48.9 Å². The third-order valence-electron chi connectivity index (χ3n) is 8.72. The average Bonchev–Trinajstić information content (AvgIpc) is 3.34. The van der Waals surface area contributed by atoms with E-state index in [1.54, 1.807) is 0 Å². The minimum atomic E-state index is -0.136. The van der Waals surface area contributed by atoms with Gasteiger partial charge in [-0.3, -0.25) is 4.79 Å². The van der Waals surface area contributed by atoms with Crippen LogP contribution in [0.25, 0.3) is 10.8 Å². The molecule has 0 N–H and O–H groups in total. The van der Waals surface area contributed by atoms with E-state index in [2.05, 4.69) is 35.2 Å². The summed E-state index contributed by atoms with van der Waals surface area (Å²) >= 11 is 12.7. The summed E-state index contributed by atoms with van der Waals surface area (Å²) in [7, 11) is 1.89. The van der Waals surface area contributed by atoms with E-state index in [0.717, 1.165) is 55.2 Å². The van der Waals surface area contributed by atoms with Gasteiger partial charge in [-0.1, -0.05) is 83.9 Å². The van der Waals surface area contributed by atoms with Crippen molar-refractivity contribution in [2.75, 3.05) is 33.2 Å². The first-order valence-electron chi connectivity index (χ1n) is 14.1. The topological polar surface area (TPSA) is 32.8 Å². The number of carbonyl (C=O) groups is 1. The number of fused-ring (bicyclic) bond motifs is 3. The number of amides is 1. The van der Waals surface area contributed by atoms with Gasteiger partial charge in [0.05, 0.1) is 22.3 Å². The molecular weight excluding hydrogens is 539 g/mol. The summed E-state index contributed by atoms with van der Waals surface area (Å²) in [5, 5.41) is 3.29. The van der Waals surface area contributed by atoms with Crippen molar-refractivity contribution in [3.63, 3.8) is 0 Å². The lowest BCUT2D eigenvalue weighted by Gasteiger charge is -2.40. The van der Waals surface area contributed by atoms with E-state index in [1.165, 1.54) is 11.1 Å². The van der Waals surface area contributed by atoms with Crippen molar-refractivity contribution in [1.29, 1.82) is 0 Å². The van der Waals surface area contributed by atoms with E-state index in [9.17, 15) is 4.79 Å². The van der Waals surface area contributed by atoms with Crippen LogP contribution in [0.4, 0.5) is 0 Å². The Kier molecular flexibility index (Phi) is 7.87. The Bertz CT molecular complexity index is 1530. The van der Waals surface area contributed by atoms with Crippen molar-refractivity contribution in [2.45, 2.75) is 37.4 Å². The molecule has 40 heavy (non-hydrogen) atoms. The second kappa shape index (κ2) is 11.5.